The average molecular weight is 252 g/mol. The van der Waals surface area contributed by atoms with Gasteiger partial charge in [-0.25, -0.2) is 9.97 Å². The Morgan fingerprint density at radius 2 is 2.19 bits per heavy atom. The molecular weight excluding hydrogens is 241 g/mol. The van der Waals surface area contributed by atoms with Crippen LogP contribution in [0.3, 0.4) is 0 Å². The van der Waals surface area contributed by atoms with Crippen LogP contribution in [0.1, 0.15) is 12.6 Å². The van der Waals surface area contributed by atoms with Crippen LogP contribution in [0.2, 0.25) is 0 Å². The molecule has 0 aliphatic carbocycles. The highest BCUT2D eigenvalue weighted by atomic mass is 32.2. The van der Waals surface area contributed by atoms with Crippen molar-refractivity contribution in [3.05, 3.63) is 18.0 Å². The molecule has 1 aromatic rings. The molecule has 0 saturated carbocycles. The normalized spacial score (nSPS) is 13.8. The van der Waals surface area contributed by atoms with Crippen molar-refractivity contribution in [1.29, 1.82) is 0 Å². The number of aromatic nitrogens is 2. The lowest BCUT2D eigenvalue weighted by Crippen LogP contribution is -2.09. The maximum Gasteiger partial charge on any atom is 0.433 e. The third-order valence-corrected chi connectivity index (χ3v) is 2.92. The van der Waals surface area contributed by atoms with E-state index in [0.29, 0.717) is 5.75 Å². The lowest BCUT2D eigenvalue weighted by Gasteiger charge is -2.08. The molecule has 1 atom stereocenters. The van der Waals surface area contributed by atoms with E-state index in [-0.39, 0.29) is 17.7 Å². The average Bonchev–Trinajstić information content (AvgIpc) is 2.25. The van der Waals surface area contributed by atoms with Crippen molar-refractivity contribution in [2.45, 2.75) is 18.3 Å². The zero-order valence-corrected chi connectivity index (χ0v) is 9.35. The van der Waals surface area contributed by atoms with Gasteiger partial charge in [-0.05, 0) is 12.0 Å². The fraction of sp³-hybridized carbons (Fsp3) is 0.556. The monoisotopic (exact) mass is 252 g/mol. The van der Waals surface area contributed by atoms with E-state index in [9.17, 15) is 13.2 Å². The number of hydrogen-bond donors (Lipinski definition) is 1. The van der Waals surface area contributed by atoms with Crippen molar-refractivity contribution in [2.75, 3.05) is 12.4 Å². The van der Waals surface area contributed by atoms with Crippen LogP contribution in [0.15, 0.2) is 17.4 Å². The van der Waals surface area contributed by atoms with Crippen molar-refractivity contribution in [3.8, 4) is 0 Å². The molecule has 16 heavy (non-hydrogen) atoms. The van der Waals surface area contributed by atoms with Crippen molar-refractivity contribution < 1.29 is 18.3 Å². The van der Waals surface area contributed by atoms with E-state index in [1.165, 1.54) is 0 Å². The quantitative estimate of drug-likeness (QED) is 0.659. The van der Waals surface area contributed by atoms with E-state index >= 15 is 0 Å². The highest BCUT2D eigenvalue weighted by molar-refractivity contribution is 7.99. The summed E-state index contributed by atoms with van der Waals surface area (Å²) in [5.41, 5.74) is -0.943. The van der Waals surface area contributed by atoms with Gasteiger partial charge in [0.25, 0.3) is 0 Å². The topological polar surface area (TPSA) is 46.0 Å². The van der Waals surface area contributed by atoms with E-state index in [0.717, 1.165) is 24.0 Å². The van der Waals surface area contributed by atoms with E-state index in [4.69, 9.17) is 5.11 Å². The molecule has 0 spiro atoms. The number of alkyl halides is 3. The lowest BCUT2D eigenvalue weighted by molar-refractivity contribution is -0.141. The van der Waals surface area contributed by atoms with Crippen LogP contribution in [0.25, 0.3) is 0 Å². The molecule has 0 radical (unpaired) electrons. The van der Waals surface area contributed by atoms with Crippen molar-refractivity contribution in [3.63, 3.8) is 0 Å². The molecular formula is C9H11F3N2OS. The first kappa shape index (κ1) is 13.2. The smallest absolute Gasteiger partial charge is 0.396 e. The Morgan fingerprint density at radius 1 is 1.50 bits per heavy atom. The number of halogens is 3. The Kier molecular flexibility index (Phi) is 4.55. The lowest BCUT2D eigenvalue weighted by atomic mass is 10.2. The molecule has 0 saturated heterocycles. The third kappa shape index (κ3) is 3.97. The molecule has 0 amide bonds. The molecule has 90 valence electrons. The second-order valence-electron chi connectivity index (χ2n) is 3.32. The van der Waals surface area contributed by atoms with Crippen molar-refractivity contribution in [1.82, 2.24) is 9.97 Å². The van der Waals surface area contributed by atoms with E-state index in [1.807, 2.05) is 0 Å². The largest absolute Gasteiger partial charge is 0.433 e. The Balaban J connectivity index is 2.68. The molecule has 0 fully saturated rings. The van der Waals surface area contributed by atoms with Gasteiger partial charge in [0.05, 0.1) is 0 Å². The molecule has 1 unspecified atom stereocenters. The van der Waals surface area contributed by atoms with Crippen molar-refractivity contribution in [2.24, 2.45) is 5.92 Å². The molecule has 0 aliphatic rings. The summed E-state index contributed by atoms with van der Waals surface area (Å²) in [6.45, 7) is 1.78. The number of aliphatic hydroxyl groups is 1. The zero-order chi connectivity index (χ0) is 12.2. The minimum Gasteiger partial charge on any atom is -0.396 e. The SMILES string of the molecule is CC(CO)CSc1nccc(C(F)(F)F)n1. The highest BCUT2D eigenvalue weighted by Crippen LogP contribution is 2.28. The van der Waals surface area contributed by atoms with Gasteiger partial charge in [-0.3, -0.25) is 0 Å². The number of thioether (sulfide) groups is 1. The van der Waals surface area contributed by atoms with Gasteiger partial charge in [-0.15, -0.1) is 0 Å². The fourth-order valence-corrected chi connectivity index (χ4v) is 1.68. The number of rotatable bonds is 4. The molecule has 1 rings (SSSR count). The summed E-state index contributed by atoms with van der Waals surface area (Å²) in [5.74, 6) is 0.487. The number of nitrogens with zero attached hydrogens (tertiary/aromatic N) is 2. The summed E-state index contributed by atoms with van der Waals surface area (Å²) in [5, 5.41) is 8.84. The minimum absolute atomic E-state index is 0.00291. The third-order valence-electron chi connectivity index (χ3n) is 1.73. The summed E-state index contributed by atoms with van der Waals surface area (Å²) in [6.07, 6.45) is -3.36. The van der Waals surface area contributed by atoms with Gasteiger partial charge < -0.3 is 5.11 Å². The van der Waals surface area contributed by atoms with E-state index in [2.05, 4.69) is 9.97 Å². The standard InChI is InChI=1S/C9H11F3N2OS/c1-6(4-15)5-16-8-13-3-2-7(14-8)9(10,11)12/h2-3,6,15H,4-5H2,1H3. The summed E-state index contributed by atoms with van der Waals surface area (Å²) >= 11 is 1.10. The Morgan fingerprint density at radius 3 is 2.75 bits per heavy atom. The second kappa shape index (κ2) is 5.49. The van der Waals surface area contributed by atoms with Crippen LogP contribution >= 0.6 is 11.8 Å². The first-order chi connectivity index (χ1) is 7.43. The van der Waals surface area contributed by atoms with Crippen LogP contribution in [0.5, 0.6) is 0 Å². The minimum atomic E-state index is -4.44. The van der Waals surface area contributed by atoms with Gasteiger partial charge >= 0.3 is 6.18 Å². The molecule has 1 N–H and O–H groups in total. The summed E-state index contributed by atoms with van der Waals surface area (Å²) in [4.78, 5) is 7.12. The summed E-state index contributed by atoms with van der Waals surface area (Å²) in [7, 11) is 0. The first-order valence-electron chi connectivity index (χ1n) is 4.57. The van der Waals surface area contributed by atoms with Crippen LogP contribution < -0.4 is 0 Å². The summed E-state index contributed by atoms with van der Waals surface area (Å²) in [6, 6.07) is 0.833. The predicted molar refractivity (Wildman–Crippen MR) is 54.0 cm³/mol. The second-order valence-corrected chi connectivity index (χ2v) is 4.31. The predicted octanol–water partition coefficient (Wildman–Crippen LogP) is 2.22. The molecule has 0 bridgehead atoms. The van der Waals surface area contributed by atoms with Gasteiger partial charge in [0.15, 0.2) is 5.16 Å². The Hall–Kier alpha value is -0.820. The van der Waals surface area contributed by atoms with Gasteiger partial charge in [-0.2, -0.15) is 13.2 Å². The Labute approximate surface area is 95.1 Å². The van der Waals surface area contributed by atoms with Gasteiger partial charge in [0, 0.05) is 18.6 Å². The van der Waals surface area contributed by atoms with Crippen LogP contribution in [0.4, 0.5) is 13.2 Å². The molecule has 7 heteroatoms. The fourth-order valence-electron chi connectivity index (χ4n) is 0.838. The maximum absolute atomic E-state index is 12.3. The van der Waals surface area contributed by atoms with E-state index in [1.54, 1.807) is 6.92 Å². The van der Waals surface area contributed by atoms with E-state index < -0.39 is 11.9 Å². The Bertz CT molecular complexity index is 346. The first-order valence-corrected chi connectivity index (χ1v) is 5.56. The maximum atomic E-state index is 12.3. The zero-order valence-electron chi connectivity index (χ0n) is 8.53. The molecule has 0 aromatic carbocycles. The number of hydrogen-bond acceptors (Lipinski definition) is 4. The molecule has 1 aromatic heterocycles. The van der Waals surface area contributed by atoms with Gasteiger partial charge in [0.2, 0.25) is 0 Å². The van der Waals surface area contributed by atoms with Crippen LogP contribution in [-0.2, 0) is 6.18 Å². The highest BCUT2D eigenvalue weighted by Gasteiger charge is 2.32. The number of aliphatic hydroxyl groups excluding tert-OH is 1. The molecule has 0 aliphatic heterocycles. The summed E-state index contributed by atoms with van der Waals surface area (Å²) < 4.78 is 36.9. The molecule has 3 nitrogen and oxygen atoms in total. The van der Waals surface area contributed by atoms with Gasteiger partial charge in [-0.1, -0.05) is 18.7 Å². The van der Waals surface area contributed by atoms with Crippen LogP contribution in [0, 0.1) is 5.92 Å². The van der Waals surface area contributed by atoms with Gasteiger partial charge in [0.1, 0.15) is 5.69 Å². The van der Waals surface area contributed by atoms with Crippen LogP contribution in [-0.4, -0.2) is 27.4 Å². The molecule has 1 heterocycles. The van der Waals surface area contributed by atoms with Crippen molar-refractivity contribution >= 4 is 11.8 Å².